The molecule has 5 nitrogen and oxygen atoms in total. The maximum Gasteiger partial charge on any atom is 0.343 e. The Morgan fingerprint density at radius 2 is 1.95 bits per heavy atom. The average molecular weight is 306 g/mol. The fourth-order valence-electron chi connectivity index (χ4n) is 1.97. The number of rotatable bonds is 4. The highest BCUT2D eigenvalue weighted by molar-refractivity contribution is 6.30. The van der Waals surface area contributed by atoms with E-state index in [1.165, 1.54) is 0 Å². The van der Waals surface area contributed by atoms with Gasteiger partial charge < -0.3 is 10.5 Å². The zero-order valence-corrected chi connectivity index (χ0v) is 12.6. The molecule has 0 unspecified atom stereocenters. The number of nitrogens with zero attached hydrogens (tertiary/aromatic N) is 2. The summed E-state index contributed by atoms with van der Waals surface area (Å²) < 4.78 is 4.95. The quantitative estimate of drug-likeness (QED) is 0.879. The Bertz CT molecular complexity index is 633. The Labute approximate surface area is 128 Å². The molecule has 0 aliphatic heterocycles. The molecule has 0 fully saturated rings. The van der Waals surface area contributed by atoms with E-state index in [1.807, 2.05) is 12.1 Å². The lowest BCUT2D eigenvalue weighted by atomic mass is 10.1. The molecule has 1 aromatic heterocycles. The van der Waals surface area contributed by atoms with Crippen molar-refractivity contribution < 1.29 is 9.53 Å². The number of carbonyl (C=O) groups excluding carboxylic acids is 1. The van der Waals surface area contributed by atoms with Crippen LogP contribution in [0.3, 0.4) is 0 Å². The average Bonchev–Trinajstić information content (AvgIpc) is 2.41. The Morgan fingerprint density at radius 3 is 2.52 bits per heavy atom. The normalized spacial score (nSPS) is 10.4. The highest BCUT2D eigenvalue weighted by Crippen LogP contribution is 2.17. The molecule has 0 atom stereocenters. The first-order valence-corrected chi connectivity index (χ1v) is 6.93. The van der Waals surface area contributed by atoms with Crippen LogP contribution in [0.5, 0.6) is 0 Å². The monoisotopic (exact) mass is 305 g/mol. The number of halogens is 1. The molecular formula is C15H16ClN3O2. The van der Waals surface area contributed by atoms with Crippen LogP contribution in [0, 0.1) is 6.92 Å². The second-order valence-electron chi connectivity index (χ2n) is 4.51. The minimum Gasteiger partial charge on any atom is -0.462 e. The van der Waals surface area contributed by atoms with Crippen molar-refractivity contribution in [1.82, 2.24) is 9.97 Å². The molecule has 0 aliphatic rings. The largest absolute Gasteiger partial charge is 0.462 e. The van der Waals surface area contributed by atoms with E-state index in [4.69, 9.17) is 22.1 Å². The summed E-state index contributed by atoms with van der Waals surface area (Å²) in [6.45, 7) is 3.74. The van der Waals surface area contributed by atoms with Crippen molar-refractivity contribution in [3.05, 3.63) is 51.9 Å². The summed E-state index contributed by atoms with van der Waals surface area (Å²) in [6, 6.07) is 7.41. The first-order valence-electron chi connectivity index (χ1n) is 6.55. The Balaban J connectivity index is 2.27. The Kier molecular flexibility index (Phi) is 4.75. The van der Waals surface area contributed by atoms with Gasteiger partial charge in [-0.05, 0) is 31.5 Å². The number of carbonyl (C=O) groups is 1. The molecule has 0 radical (unpaired) electrons. The van der Waals surface area contributed by atoms with E-state index < -0.39 is 5.97 Å². The SMILES string of the molecule is CCOC(=O)c1c(C)nc(Cc2ccc(Cl)cc2)nc1N. The maximum atomic E-state index is 11.8. The number of aromatic nitrogens is 2. The molecular weight excluding hydrogens is 290 g/mol. The molecule has 110 valence electrons. The highest BCUT2D eigenvalue weighted by atomic mass is 35.5. The number of ether oxygens (including phenoxy) is 1. The molecule has 1 aromatic carbocycles. The topological polar surface area (TPSA) is 78.1 Å². The first-order chi connectivity index (χ1) is 10.0. The second kappa shape index (κ2) is 6.54. The van der Waals surface area contributed by atoms with Crippen LogP contribution in [-0.2, 0) is 11.2 Å². The first kappa shape index (κ1) is 15.3. The van der Waals surface area contributed by atoms with Gasteiger partial charge in [0, 0.05) is 11.4 Å². The van der Waals surface area contributed by atoms with E-state index in [2.05, 4.69) is 9.97 Å². The number of esters is 1. The minimum atomic E-state index is -0.495. The Morgan fingerprint density at radius 1 is 1.29 bits per heavy atom. The lowest BCUT2D eigenvalue weighted by Gasteiger charge is -2.09. The number of aryl methyl sites for hydroxylation is 1. The van der Waals surface area contributed by atoms with Crippen molar-refractivity contribution in [2.75, 3.05) is 12.3 Å². The molecule has 0 saturated heterocycles. The molecule has 6 heteroatoms. The van der Waals surface area contributed by atoms with E-state index >= 15 is 0 Å². The van der Waals surface area contributed by atoms with Crippen LogP contribution in [0.4, 0.5) is 5.82 Å². The van der Waals surface area contributed by atoms with Crippen molar-refractivity contribution in [3.63, 3.8) is 0 Å². The van der Waals surface area contributed by atoms with Gasteiger partial charge in [-0.25, -0.2) is 14.8 Å². The zero-order chi connectivity index (χ0) is 15.4. The second-order valence-corrected chi connectivity index (χ2v) is 4.95. The van der Waals surface area contributed by atoms with Gasteiger partial charge in [-0.2, -0.15) is 0 Å². The molecule has 2 N–H and O–H groups in total. The molecule has 0 spiro atoms. The Hall–Kier alpha value is -2.14. The van der Waals surface area contributed by atoms with Gasteiger partial charge in [0.2, 0.25) is 0 Å². The third kappa shape index (κ3) is 3.70. The molecule has 2 aromatic rings. The summed E-state index contributed by atoms with van der Waals surface area (Å²) in [5.41, 5.74) is 7.63. The van der Waals surface area contributed by atoms with Gasteiger partial charge in [-0.15, -0.1) is 0 Å². The van der Waals surface area contributed by atoms with Gasteiger partial charge in [0.25, 0.3) is 0 Å². The summed E-state index contributed by atoms with van der Waals surface area (Å²) >= 11 is 5.85. The molecule has 2 rings (SSSR count). The number of nitrogen functional groups attached to an aromatic ring is 1. The summed E-state index contributed by atoms with van der Waals surface area (Å²) in [7, 11) is 0. The third-order valence-corrected chi connectivity index (χ3v) is 3.17. The molecule has 0 amide bonds. The van der Waals surface area contributed by atoms with Gasteiger partial charge in [-0.1, -0.05) is 23.7 Å². The van der Waals surface area contributed by atoms with Gasteiger partial charge in [0.15, 0.2) is 0 Å². The molecule has 0 bridgehead atoms. The van der Waals surface area contributed by atoms with Crippen LogP contribution in [0.25, 0.3) is 0 Å². The predicted molar refractivity (Wildman–Crippen MR) is 81.4 cm³/mol. The lowest BCUT2D eigenvalue weighted by molar-refractivity contribution is 0.0526. The highest BCUT2D eigenvalue weighted by Gasteiger charge is 2.18. The van der Waals surface area contributed by atoms with Gasteiger partial charge in [0.1, 0.15) is 17.2 Å². The standard InChI is InChI=1S/C15H16ClN3O2/c1-3-21-15(20)13-9(2)18-12(19-14(13)17)8-10-4-6-11(16)7-5-10/h4-7H,3,8H2,1-2H3,(H2,17,18,19). The maximum absolute atomic E-state index is 11.8. The fourth-order valence-corrected chi connectivity index (χ4v) is 2.10. The van der Waals surface area contributed by atoms with Crippen LogP contribution in [0.2, 0.25) is 5.02 Å². The van der Waals surface area contributed by atoms with Crippen LogP contribution < -0.4 is 5.73 Å². The summed E-state index contributed by atoms with van der Waals surface area (Å²) in [5, 5.41) is 0.674. The molecule has 21 heavy (non-hydrogen) atoms. The van der Waals surface area contributed by atoms with Crippen molar-refractivity contribution in [2.45, 2.75) is 20.3 Å². The van der Waals surface area contributed by atoms with Crippen LogP contribution in [-0.4, -0.2) is 22.5 Å². The van der Waals surface area contributed by atoms with Gasteiger partial charge in [0.05, 0.1) is 12.3 Å². The lowest BCUT2D eigenvalue weighted by Crippen LogP contribution is -2.14. The van der Waals surface area contributed by atoms with E-state index in [1.54, 1.807) is 26.0 Å². The van der Waals surface area contributed by atoms with E-state index in [-0.39, 0.29) is 18.0 Å². The molecule has 0 aliphatic carbocycles. The van der Waals surface area contributed by atoms with E-state index in [0.29, 0.717) is 23.0 Å². The number of hydrogen-bond acceptors (Lipinski definition) is 5. The van der Waals surface area contributed by atoms with Crippen LogP contribution >= 0.6 is 11.6 Å². The van der Waals surface area contributed by atoms with Crippen LogP contribution in [0.15, 0.2) is 24.3 Å². The van der Waals surface area contributed by atoms with Gasteiger partial charge >= 0.3 is 5.97 Å². The number of benzene rings is 1. The summed E-state index contributed by atoms with van der Waals surface area (Å²) in [5.74, 6) is 0.204. The van der Waals surface area contributed by atoms with E-state index in [0.717, 1.165) is 5.56 Å². The number of anilines is 1. The van der Waals surface area contributed by atoms with Crippen molar-refractivity contribution in [1.29, 1.82) is 0 Å². The van der Waals surface area contributed by atoms with Gasteiger partial charge in [-0.3, -0.25) is 0 Å². The van der Waals surface area contributed by atoms with E-state index in [9.17, 15) is 4.79 Å². The summed E-state index contributed by atoms with van der Waals surface area (Å²) in [4.78, 5) is 20.3. The minimum absolute atomic E-state index is 0.143. The smallest absolute Gasteiger partial charge is 0.343 e. The number of hydrogen-bond donors (Lipinski definition) is 1. The molecule has 1 heterocycles. The molecule has 0 saturated carbocycles. The number of nitrogens with two attached hydrogens (primary N) is 1. The fraction of sp³-hybridized carbons (Fsp3) is 0.267. The van der Waals surface area contributed by atoms with Crippen molar-refractivity contribution in [2.24, 2.45) is 0 Å². The summed E-state index contributed by atoms with van der Waals surface area (Å²) in [6.07, 6.45) is 0.519. The van der Waals surface area contributed by atoms with Crippen molar-refractivity contribution in [3.8, 4) is 0 Å². The van der Waals surface area contributed by atoms with Crippen LogP contribution in [0.1, 0.15) is 34.4 Å². The zero-order valence-electron chi connectivity index (χ0n) is 11.9. The van der Waals surface area contributed by atoms with Crippen molar-refractivity contribution >= 4 is 23.4 Å². The third-order valence-electron chi connectivity index (χ3n) is 2.92. The predicted octanol–water partition coefficient (Wildman–Crippen LogP) is 2.79.